The van der Waals surface area contributed by atoms with Gasteiger partial charge in [0.1, 0.15) is 24.9 Å². The van der Waals surface area contributed by atoms with Crippen LogP contribution in [0.15, 0.2) is 0 Å². The van der Waals surface area contributed by atoms with Crippen molar-refractivity contribution in [2.45, 2.75) is 148 Å². The second kappa shape index (κ2) is 35.1. The van der Waals surface area contributed by atoms with Crippen molar-refractivity contribution in [2.75, 3.05) is 65.9 Å². The molecule has 0 aliphatic heterocycles. The third-order valence-electron chi connectivity index (χ3n) is 8.09. The van der Waals surface area contributed by atoms with Gasteiger partial charge in [-0.3, -0.25) is 19.2 Å². The lowest BCUT2D eigenvalue weighted by molar-refractivity contribution is -0.155. The average molecular weight is 790 g/mol. The first-order valence-corrected chi connectivity index (χ1v) is 20.1. The van der Waals surface area contributed by atoms with Crippen LogP contribution in [-0.4, -0.2) is 123 Å². The molecule has 0 spiro atoms. The van der Waals surface area contributed by atoms with Gasteiger partial charge in [-0.15, -0.1) is 0 Å². The molecule has 55 heavy (non-hydrogen) atoms. The number of rotatable bonds is 38. The summed E-state index contributed by atoms with van der Waals surface area (Å²) in [7, 11) is 0. The molecule has 0 bridgehead atoms. The fourth-order valence-electron chi connectivity index (χ4n) is 5.30. The summed E-state index contributed by atoms with van der Waals surface area (Å²) in [4.78, 5) is 69.8. The zero-order valence-corrected chi connectivity index (χ0v) is 33.8. The van der Waals surface area contributed by atoms with Crippen molar-refractivity contribution in [3.05, 3.63) is 0 Å². The number of hydrogen-bond acceptors (Lipinski definition) is 11. The summed E-state index contributed by atoms with van der Waals surface area (Å²) in [5, 5.41) is 25.7. The van der Waals surface area contributed by atoms with E-state index in [1.165, 1.54) is 44.9 Å². The fraction of sp³-hybridized carbons (Fsp3) is 0.846. The Kier molecular flexibility index (Phi) is 33.0. The lowest BCUT2D eigenvalue weighted by atomic mass is 10.0. The van der Waals surface area contributed by atoms with Crippen LogP contribution in [0.4, 0.5) is 0 Å². The van der Waals surface area contributed by atoms with E-state index >= 15 is 0 Å². The molecule has 0 saturated heterocycles. The summed E-state index contributed by atoms with van der Waals surface area (Å²) >= 11 is 0. The molecule has 0 radical (unpaired) electrons. The maximum atomic E-state index is 12.3. The lowest BCUT2D eigenvalue weighted by Gasteiger charge is -2.19. The molecule has 16 nitrogen and oxygen atoms in total. The van der Waals surface area contributed by atoms with Crippen LogP contribution in [0.1, 0.15) is 136 Å². The van der Waals surface area contributed by atoms with Crippen LogP contribution in [0.25, 0.3) is 0 Å². The van der Waals surface area contributed by atoms with E-state index in [-0.39, 0.29) is 109 Å². The van der Waals surface area contributed by atoms with E-state index in [9.17, 15) is 33.9 Å². The zero-order valence-electron chi connectivity index (χ0n) is 33.8. The first-order chi connectivity index (χ1) is 26.3. The lowest BCUT2D eigenvalue weighted by Crippen LogP contribution is -2.41. The maximum absolute atomic E-state index is 12.3. The van der Waals surface area contributed by atoms with E-state index in [0.717, 1.165) is 38.5 Å². The molecule has 320 valence electrons. The normalized spacial score (nSPS) is 11.8. The van der Waals surface area contributed by atoms with Gasteiger partial charge in [-0.05, 0) is 40.0 Å². The van der Waals surface area contributed by atoms with Crippen molar-refractivity contribution in [3.8, 4) is 0 Å². The highest BCUT2D eigenvalue weighted by molar-refractivity contribution is 5.84. The highest BCUT2D eigenvalue weighted by Crippen LogP contribution is 2.15. The summed E-state index contributed by atoms with van der Waals surface area (Å²) in [6.07, 6.45) is 16.2. The molecule has 0 aromatic rings. The van der Waals surface area contributed by atoms with Crippen molar-refractivity contribution in [2.24, 2.45) is 0 Å². The van der Waals surface area contributed by atoms with Crippen molar-refractivity contribution in [3.63, 3.8) is 0 Å². The molecule has 0 heterocycles. The Balaban J connectivity index is 3.66. The Bertz CT molecular complexity index is 1050. The number of carbonyl (C=O) groups excluding carboxylic acids is 4. The van der Waals surface area contributed by atoms with Gasteiger partial charge in [0.15, 0.2) is 0 Å². The number of aliphatic carboxylic acids is 2. The minimum atomic E-state index is -1.18. The Morgan fingerprint density at radius 1 is 0.509 bits per heavy atom. The predicted octanol–water partition coefficient (Wildman–Crippen LogP) is 4.30. The van der Waals surface area contributed by atoms with Gasteiger partial charge in [-0.25, -0.2) is 9.59 Å². The molecule has 0 aromatic carbocycles. The maximum Gasteiger partial charge on any atom is 0.329 e. The largest absolute Gasteiger partial charge is 0.480 e. The number of nitrogens with one attached hydrogen (secondary N) is 3. The SMILES string of the molecule is CC(C)(C)OC(=O)CCCCCCCCCCCCCCCCC(=O)N[C@@H](CCC(=O)NCCOCCOCC(=O)NCCOCCOCC(=O)O)C(=O)O. The van der Waals surface area contributed by atoms with Gasteiger partial charge in [-0.1, -0.05) is 77.0 Å². The molecule has 0 unspecified atom stereocenters. The quantitative estimate of drug-likeness (QED) is 0.0435. The van der Waals surface area contributed by atoms with Gasteiger partial charge in [0.25, 0.3) is 0 Å². The number of amides is 3. The molecule has 0 rings (SSSR count). The van der Waals surface area contributed by atoms with Crippen LogP contribution in [0.3, 0.4) is 0 Å². The molecule has 3 amide bonds. The van der Waals surface area contributed by atoms with E-state index in [2.05, 4.69) is 16.0 Å². The van der Waals surface area contributed by atoms with Crippen molar-refractivity contribution >= 4 is 35.6 Å². The zero-order chi connectivity index (χ0) is 41.0. The topological polar surface area (TPSA) is 225 Å². The Labute approximate surface area is 327 Å². The molecular weight excluding hydrogens is 718 g/mol. The van der Waals surface area contributed by atoms with Crippen LogP contribution in [0, 0.1) is 0 Å². The van der Waals surface area contributed by atoms with E-state index in [0.29, 0.717) is 12.8 Å². The van der Waals surface area contributed by atoms with E-state index in [1.807, 2.05) is 20.8 Å². The van der Waals surface area contributed by atoms with E-state index in [4.69, 9.17) is 28.8 Å². The fourth-order valence-corrected chi connectivity index (χ4v) is 5.30. The van der Waals surface area contributed by atoms with Gasteiger partial charge in [0, 0.05) is 32.4 Å². The first-order valence-electron chi connectivity index (χ1n) is 20.1. The van der Waals surface area contributed by atoms with Crippen molar-refractivity contribution in [1.82, 2.24) is 16.0 Å². The summed E-state index contributed by atoms with van der Waals surface area (Å²) in [6, 6.07) is -1.13. The third-order valence-corrected chi connectivity index (χ3v) is 8.09. The van der Waals surface area contributed by atoms with E-state index in [1.54, 1.807) is 0 Å². The highest BCUT2D eigenvalue weighted by atomic mass is 16.6. The Morgan fingerprint density at radius 2 is 0.945 bits per heavy atom. The van der Waals surface area contributed by atoms with Gasteiger partial charge in [-0.2, -0.15) is 0 Å². The number of ether oxygens (including phenoxy) is 5. The van der Waals surface area contributed by atoms with Crippen LogP contribution >= 0.6 is 0 Å². The molecular formula is C39H71N3O13. The van der Waals surface area contributed by atoms with E-state index < -0.39 is 23.6 Å². The predicted molar refractivity (Wildman–Crippen MR) is 205 cm³/mol. The second-order valence-electron chi connectivity index (χ2n) is 14.5. The van der Waals surface area contributed by atoms with Gasteiger partial charge in [0.05, 0.1) is 39.6 Å². The number of hydrogen-bond donors (Lipinski definition) is 5. The minimum Gasteiger partial charge on any atom is -0.480 e. The monoisotopic (exact) mass is 789 g/mol. The van der Waals surface area contributed by atoms with Gasteiger partial charge < -0.3 is 49.8 Å². The number of carboxylic acids is 2. The third kappa shape index (κ3) is 38.7. The second-order valence-corrected chi connectivity index (χ2v) is 14.5. The smallest absolute Gasteiger partial charge is 0.329 e. The number of carbonyl (C=O) groups is 6. The van der Waals surface area contributed by atoms with Crippen molar-refractivity contribution in [1.29, 1.82) is 0 Å². The molecule has 5 N–H and O–H groups in total. The van der Waals surface area contributed by atoms with Crippen molar-refractivity contribution < 1.29 is 62.7 Å². The summed E-state index contributed by atoms with van der Waals surface area (Å²) in [6.45, 7) is 6.79. The summed E-state index contributed by atoms with van der Waals surface area (Å²) < 4.78 is 25.9. The Hall–Kier alpha value is -3.34. The Morgan fingerprint density at radius 3 is 1.42 bits per heavy atom. The number of unbranched alkanes of at least 4 members (excludes halogenated alkanes) is 13. The average Bonchev–Trinajstić information content (AvgIpc) is 3.11. The van der Waals surface area contributed by atoms with Crippen LogP contribution in [0.5, 0.6) is 0 Å². The minimum absolute atomic E-state index is 0.0210. The van der Waals surface area contributed by atoms with Crippen LogP contribution in [-0.2, 0) is 52.5 Å². The van der Waals surface area contributed by atoms with Gasteiger partial charge >= 0.3 is 17.9 Å². The molecule has 0 fully saturated rings. The molecule has 0 aromatic heterocycles. The molecule has 0 saturated carbocycles. The molecule has 16 heteroatoms. The standard InChI is InChI=1S/C39H71N3O13/c1-39(2,3)55-37(48)19-17-15-13-11-9-7-5-4-6-8-10-12-14-16-18-34(44)42-32(38(49)50)20-21-33(43)40-22-24-51-26-28-53-30-35(45)41-23-25-52-27-29-54-31-36(46)47/h32H,4-31H2,1-3H3,(H,40,43)(H,41,45)(H,42,44)(H,46,47)(H,49,50)/t32-/m0/s1. The number of carboxylic acid groups (broad SMARTS) is 2. The summed E-state index contributed by atoms with van der Waals surface area (Å²) in [5.41, 5.74) is -0.409. The molecule has 0 aliphatic rings. The number of esters is 1. The van der Waals surface area contributed by atoms with Crippen LogP contribution < -0.4 is 16.0 Å². The molecule has 0 aliphatic carbocycles. The summed E-state index contributed by atoms with van der Waals surface area (Å²) in [5.74, 6) is -3.34. The highest BCUT2D eigenvalue weighted by Gasteiger charge is 2.21. The van der Waals surface area contributed by atoms with Crippen LogP contribution in [0.2, 0.25) is 0 Å². The molecule has 1 atom stereocenters. The van der Waals surface area contributed by atoms with Gasteiger partial charge in [0.2, 0.25) is 17.7 Å². The first kappa shape index (κ1) is 51.7.